The molecule has 0 bridgehead atoms. The molecule has 7 nitrogen and oxygen atoms in total. The molecule has 7 heteroatoms. The van der Waals surface area contributed by atoms with Crippen molar-refractivity contribution >= 4 is 10.9 Å². The van der Waals surface area contributed by atoms with E-state index in [-0.39, 0.29) is 11.2 Å². The molecule has 5 rings (SSSR count). The van der Waals surface area contributed by atoms with Crippen LogP contribution in [-0.4, -0.2) is 26.9 Å². The molecule has 0 N–H and O–H groups in total. The minimum absolute atomic E-state index is 0.293. The van der Waals surface area contributed by atoms with Gasteiger partial charge in [-0.2, -0.15) is 0 Å². The van der Waals surface area contributed by atoms with Crippen LogP contribution in [0.5, 0.6) is 5.75 Å². The van der Waals surface area contributed by atoms with Gasteiger partial charge in [-0.25, -0.2) is 4.79 Å². The second-order valence-electron chi connectivity index (χ2n) is 8.85. The molecule has 1 aliphatic rings. The second-order valence-corrected chi connectivity index (χ2v) is 8.85. The van der Waals surface area contributed by atoms with Gasteiger partial charge < -0.3 is 14.0 Å². The quantitative estimate of drug-likeness (QED) is 0.454. The highest BCUT2D eigenvalue weighted by Gasteiger charge is 2.33. The zero-order valence-corrected chi connectivity index (χ0v) is 20.0. The number of nitrogens with zero attached hydrogens (tertiary/aromatic N) is 3. The summed E-state index contributed by atoms with van der Waals surface area (Å²) in [5.74, 6) is 0.809. The van der Waals surface area contributed by atoms with Gasteiger partial charge >= 0.3 is 5.69 Å². The Hall–Kier alpha value is -3.58. The molecule has 176 valence electrons. The Morgan fingerprint density at radius 1 is 1.06 bits per heavy atom. The zero-order valence-electron chi connectivity index (χ0n) is 20.0. The lowest BCUT2D eigenvalue weighted by atomic mass is 10.0. The number of aryl methyl sites for hydroxylation is 2. The molecule has 34 heavy (non-hydrogen) atoms. The van der Waals surface area contributed by atoms with Gasteiger partial charge in [0.05, 0.1) is 35.5 Å². The molecule has 2 aromatic heterocycles. The molecule has 1 aliphatic heterocycles. The fourth-order valence-corrected chi connectivity index (χ4v) is 4.88. The summed E-state index contributed by atoms with van der Waals surface area (Å²) in [5, 5.41) is 0.545. The lowest BCUT2D eigenvalue weighted by Gasteiger charge is -2.28. The van der Waals surface area contributed by atoms with E-state index in [1.54, 1.807) is 11.6 Å². The minimum atomic E-state index is -0.409. The molecule has 1 unspecified atom stereocenters. The maximum atomic E-state index is 13.5. The molecule has 3 heterocycles. The van der Waals surface area contributed by atoms with Gasteiger partial charge in [0.25, 0.3) is 5.56 Å². The topological polar surface area (TPSA) is 67.4 Å². The monoisotopic (exact) mass is 459 g/mol. The lowest BCUT2D eigenvalue weighted by Crippen LogP contribution is -2.37. The standard InChI is InChI=1S/C27H29N3O4/c1-5-14-33-20-11-9-18(10-12-20)25-24-23-21(26(31)29(4)27(32)28(23)3)22(30(24)13-15-34-25)19-8-6-7-17(2)16-19/h6-12,16,25H,5,13-15H2,1-4H3. The maximum absolute atomic E-state index is 13.5. The summed E-state index contributed by atoms with van der Waals surface area (Å²) < 4.78 is 16.9. The summed E-state index contributed by atoms with van der Waals surface area (Å²) in [6, 6.07) is 16.0. The molecular weight excluding hydrogens is 430 g/mol. The van der Waals surface area contributed by atoms with Crippen LogP contribution >= 0.6 is 0 Å². The molecular formula is C27H29N3O4. The second kappa shape index (κ2) is 8.65. The Kier molecular flexibility index (Phi) is 5.65. The van der Waals surface area contributed by atoms with E-state index in [9.17, 15) is 9.59 Å². The highest BCUT2D eigenvalue weighted by molar-refractivity contribution is 5.96. The van der Waals surface area contributed by atoms with Crippen LogP contribution in [0.1, 0.15) is 36.3 Å². The van der Waals surface area contributed by atoms with Gasteiger partial charge in [-0.15, -0.1) is 0 Å². The zero-order chi connectivity index (χ0) is 24.0. The number of aromatic nitrogens is 3. The number of fused-ring (bicyclic) bond motifs is 3. The highest BCUT2D eigenvalue weighted by atomic mass is 16.5. The normalized spacial score (nSPS) is 15.5. The van der Waals surface area contributed by atoms with Crippen LogP contribution in [0.2, 0.25) is 0 Å². The molecule has 0 spiro atoms. The Balaban J connectivity index is 1.80. The highest BCUT2D eigenvalue weighted by Crippen LogP contribution is 2.40. The van der Waals surface area contributed by atoms with Crippen molar-refractivity contribution in [1.29, 1.82) is 0 Å². The average molecular weight is 460 g/mol. The SMILES string of the molecule is CCCOc1ccc(C2OCCn3c(-c4cccc(C)c4)c4c(=O)n(C)c(=O)n(C)c4c32)cc1. The van der Waals surface area contributed by atoms with Gasteiger partial charge in [0.2, 0.25) is 0 Å². The van der Waals surface area contributed by atoms with Crippen molar-refractivity contribution in [3.8, 4) is 17.0 Å². The molecule has 2 aromatic carbocycles. The molecule has 0 fully saturated rings. The van der Waals surface area contributed by atoms with Crippen molar-refractivity contribution in [2.45, 2.75) is 32.9 Å². The van der Waals surface area contributed by atoms with E-state index in [4.69, 9.17) is 9.47 Å². The average Bonchev–Trinajstić information content (AvgIpc) is 3.21. The third-order valence-corrected chi connectivity index (χ3v) is 6.50. The van der Waals surface area contributed by atoms with Crippen molar-refractivity contribution < 1.29 is 9.47 Å². The summed E-state index contributed by atoms with van der Waals surface area (Å²) in [5.41, 5.74) is 4.66. The van der Waals surface area contributed by atoms with Crippen LogP contribution in [0, 0.1) is 6.92 Å². The van der Waals surface area contributed by atoms with Gasteiger partial charge in [0, 0.05) is 20.6 Å². The first-order chi connectivity index (χ1) is 16.4. The summed E-state index contributed by atoms with van der Waals surface area (Å²) in [6.07, 6.45) is 0.533. The van der Waals surface area contributed by atoms with Crippen LogP contribution in [0.25, 0.3) is 22.2 Å². The third kappa shape index (κ3) is 3.47. The van der Waals surface area contributed by atoms with Crippen LogP contribution in [0.3, 0.4) is 0 Å². The fourth-order valence-electron chi connectivity index (χ4n) is 4.88. The fraction of sp³-hybridized carbons (Fsp3) is 0.333. The van der Waals surface area contributed by atoms with Crippen molar-refractivity contribution in [3.05, 3.63) is 86.2 Å². The molecule has 0 amide bonds. The van der Waals surface area contributed by atoms with E-state index >= 15 is 0 Å². The number of hydrogen-bond donors (Lipinski definition) is 0. The minimum Gasteiger partial charge on any atom is -0.494 e. The van der Waals surface area contributed by atoms with Crippen LogP contribution in [0.4, 0.5) is 0 Å². The van der Waals surface area contributed by atoms with Gasteiger partial charge in [-0.3, -0.25) is 13.9 Å². The number of ether oxygens (including phenoxy) is 2. The predicted octanol–water partition coefficient (Wildman–Crippen LogP) is 3.92. The molecule has 0 radical (unpaired) electrons. The first-order valence-corrected chi connectivity index (χ1v) is 11.7. The molecule has 4 aromatic rings. The third-order valence-electron chi connectivity index (χ3n) is 6.50. The first kappa shape index (κ1) is 22.2. The van der Waals surface area contributed by atoms with Crippen LogP contribution in [-0.2, 0) is 25.4 Å². The Bertz CT molecular complexity index is 1490. The van der Waals surface area contributed by atoms with E-state index < -0.39 is 6.10 Å². The summed E-state index contributed by atoms with van der Waals surface area (Å²) >= 11 is 0. The Labute approximate surface area is 197 Å². The van der Waals surface area contributed by atoms with E-state index in [2.05, 4.69) is 17.6 Å². The summed E-state index contributed by atoms with van der Waals surface area (Å²) in [4.78, 5) is 26.4. The van der Waals surface area contributed by atoms with E-state index in [0.29, 0.717) is 30.7 Å². The first-order valence-electron chi connectivity index (χ1n) is 11.7. The molecule has 0 saturated heterocycles. The van der Waals surface area contributed by atoms with Gasteiger partial charge in [0.1, 0.15) is 11.9 Å². The Morgan fingerprint density at radius 2 is 1.82 bits per heavy atom. The predicted molar refractivity (Wildman–Crippen MR) is 133 cm³/mol. The van der Waals surface area contributed by atoms with Gasteiger partial charge in [-0.1, -0.05) is 42.8 Å². The van der Waals surface area contributed by atoms with Crippen molar-refractivity contribution in [2.24, 2.45) is 14.1 Å². The van der Waals surface area contributed by atoms with Crippen molar-refractivity contribution in [2.75, 3.05) is 13.2 Å². The van der Waals surface area contributed by atoms with Crippen LogP contribution < -0.4 is 16.0 Å². The van der Waals surface area contributed by atoms with Crippen molar-refractivity contribution in [1.82, 2.24) is 13.7 Å². The number of benzene rings is 2. The maximum Gasteiger partial charge on any atom is 0.331 e. The number of rotatable bonds is 5. The molecule has 1 atom stereocenters. The molecule has 0 saturated carbocycles. The van der Waals surface area contributed by atoms with Crippen molar-refractivity contribution in [3.63, 3.8) is 0 Å². The largest absolute Gasteiger partial charge is 0.494 e. The molecule has 0 aliphatic carbocycles. The Morgan fingerprint density at radius 3 is 2.53 bits per heavy atom. The number of hydrogen-bond acceptors (Lipinski definition) is 4. The van der Waals surface area contributed by atoms with Gasteiger partial charge in [-0.05, 0) is 42.7 Å². The van der Waals surface area contributed by atoms with E-state index in [1.807, 2.05) is 49.4 Å². The van der Waals surface area contributed by atoms with E-state index in [0.717, 1.165) is 40.2 Å². The van der Waals surface area contributed by atoms with Gasteiger partial charge in [0.15, 0.2) is 0 Å². The summed E-state index contributed by atoms with van der Waals surface area (Å²) in [6.45, 7) is 5.87. The lowest BCUT2D eigenvalue weighted by molar-refractivity contribution is 0.0478. The smallest absolute Gasteiger partial charge is 0.331 e. The van der Waals surface area contributed by atoms with Crippen LogP contribution in [0.15, 0.2) is 58.1 Å². The summed E-state index contributed by atoms with van der Waals surface area (Å²) in [7, 11) is 3.25. The van der Waals surface area contributed by atoms with E-state index in [1.165, 1.54) is 11.6 Å².